The van der Waals surface area contributed by atoms with E-state index in [4.69, 9.17) is 18.9 Å². The number of carbonyl (C=O) groups excluding carboxylic acids is 4. The van der Waals surface area contributed by atoms with Gasteiger partial charge in [-0.1, -0.05) is 48.0 Å². The van der Waals surface area contributed by atoms with Crippen LogP contribution < -0.4 is 0 Å². The Labute approximate surface area is 313 Å². The molecule has 9 nitrogen and oxygen atoms in total. The summed E-state index contributed by atoms with van der Waals surface area (Å²) < 4.78 is 22.5. The largest absolute Gasteiger partial charge is 0.465 e. The standard InChI is InChI=1S/C15H24O3.C14H20O4.C14H26O2/c1-3-10(2)13(16)18-15-7-11-4-12(8-15)6-14(17,5-11)9-15;1-3-7(2)13(15)18-11-5-8-4-9(11)10-6-17-14(16)12(8)10;1-5-13(3,4)12(15)16-14(6-2)10-8-7-9-11-14/h10-12,17H,3-9H2,1-2H3;7-12H,3-6H2,1-2H3;5-11H2,1-4H3. The molecule has 1 heterocycles. The zero-order valence-corrected chi connectivity index (χ0v) is 33.6. The molecule has 6 bridgehead atoms. The summed E-state index contributed by atoms with van der Waals surface area (Å²) in [5.74, 6) is 2.01. The maximum atomic E-state index is 12.1. The Balaban J connectivity index is 0.000000151. The van der Waals surface area contributed by atoms with E-state index in [1.165, 1.54) is 25.7 Å². The van der Waals surface area contributed by atoms with E-state index in [1.54, 1.807) is 0 Å². The smallest absolute Gasteiger partial charge is 0.312 e. The van der Waals surface area contributed by atoms with E-state index in [9.17, 15) is 24.3 Å². The quantitative estimate of drug-likeness (QED) is 0.174. The Morgan fingerprint density at radius 1 is 0.846 bits per heavy atom. The fourth-order valence-electron chi connectivity index (χ4n) is 10.8. The van der Waals surface area contributed by atoms with Crippen molar-refractivity contribution >= 4 is 23.9 Å². The van der Waals surface area contributed by atoms with E-state index in [1.807, 2.05) is 48.5 Å². The van der Waals surface area contributed by atoms with Crippen molar-refractivity contribution in [3.8, 4) is 0 Å². The van der Waals surface area contributed by atoms with Gasteiger partial charge in [-0.05, 0) is 128 Å². The first-order valence-electron chi connectivity index (χ1n) is 21.1. The summed E-state index contributed by atoms with van der Waals surface area (Å²) in [6.45, 7) is 16.5. The second kappa shape index (κ2) is 16.3. The Bertz CT molecular complexity index is 1270. The molecule has 7 saturated carbocycles. The van der Waals surface area contributed by atoms with Crippen LogP contribution in [0.3, 0.4) is 0 Å². The second-order valence-electron chi connectivity index (χ2n) is 18.8. The number of ether oxygens (including phenoxy) is 4. The molecule has 0 aromatic carbocycles. The van der Waals surface area contributed by atoms with Crippen LogP contribution in [0.2, 0.25) is 0 Å². The van der Waals surface area contributed by atoms with Crippen LogP contribution in [-0.2, 0) is 38.1 Å². The van der Waals surface area contributed by atoms with Crippen LogP contribution >= 0.6 is 0 Å². The predicted molar refractivity (Wildman–Crippen MR) is 198 cm³/mol. The second-order valence-corrected chi connectivity index (χ2v) is 18.8. The molecule has 9 unspecified atom stereocenters. The van der Waals surface area contributed by atoms with Gasteiger partial charge in [0.15, 0.2) is 0 Å². The number of rotatable bonds is 10. The number of fused-ring (bicyclic) bond motifs is 5. The van der Waals surface area contributed by atoms with Gasteiger partial charge in [0.25, 0.3) is 0 Å². The van der Waals surface area contributed by atoms with Gasteiger partial charge in [-0.15, -0.1) is 0 Å². The van der Waals surface area contributed by atoms with Crippen molar-refractivity contribution in [1.82, 2.24) is 0 Å². The summed E-state index contributed by atoms with van der Waals surface area (Å²) >= 11 is 0. The third-order valence-electron chi connectivity index (χ3n) is 14.5. The van der Waals surface area contributed by atoms with E-state index in [0.717, 1.165) is 77.0 Å². The lowest BCUT2D eigenvalue weighted by atomic mass is 9.52. The number of hydrogen-bond donors (Lipinski definition) is 1. The molecule has 0 amide bonds. The van der Waals surface area contributed by atoms with Gasteiger partial charge in [0.1, 0.15) is 17.3 Å². The third kappa shape index (κ3) is 8.86. The van der Waals surface area contributed by atoms with Crippen molar-refractivity contribution in [3.63, 3.8) is 0 Å². The molecule has 1 aliphatic heterocycles. The monoisotopic (exact) mass is 731 g/mol. The minimum absolute atomic E-state index is 0.0150. The van der Waals surface area contributed by atoms with Gasteiger partial charge in [-0.25, -0.2) is 0 Å². The molecule has 0 aromatic rings. The van der Waals surface area contributed by atoms with E-state index >= 15 is 0 Å². The molecule has 9 atom stereocenters. The molecular formula is C43H70O9. The van der Waals surface area contributed by atoms with E-state index in [2.05, 4.69) is 6.92 Å². The highest BCUT2D eigenvalue weighted by Crippen LogP contribution is 2.59. The van der Waals surface area contributed by atoms with Crippen LogP contribution in [0.4, 0.5) is 0 Å². The van der Waals surface area contributed by atoms with Crippen LogP contribution in [0.1, 0.15) is 165 Å². The fourth-order valence-corrected chi connectivity index (χ4v) is 10.8. The summed E-state index contributed by atoms with van der Waals surface area (Å²) in [5.41, 5.74) is -1.36. The van der Waals surface area contributed by atoms with Crippen LogP contribution in [0, 0.1) is 52.8 Å². The lowest BCUT2D eigenvalue weighted by Gasteiger charge is -2.59. The molecular weight excluding hydrogens is 660 g/mol. The minimum atomic E-state index is -0.542. The molecule has 7 aliphatic carbocycles. The summed E-state index contributed by atoms with van der Waals surface area (Å²) in [5, 5.41) is 10.6. The van der Waals surface area contributed by atoms with E-state index in [0.29, 0.717) is 42.6 Å². The Morgan fingerprint density at radius 2 is 1.46 bits per heavy atom. The molecule has 1 N–H and O–H groups in total. The van der Waals surface area contributed by atoms with Crippen molar-refractivity contribution in [2.75, 3.05) is 6.61 Å². The first kappa shape index (κ1) is 41.0. The zero-order valence-electron chi connectivity index (χ0n) is 33.6. The van der Waals surface area contributed by atoms with Gasteiger partial charge in [-0.3, -0.25) is 19.2 Å². The van der Waals surface area contributed by atoms with Crippen molar-refractivity contribution in [3.05, 3.63) is 0 Å². The van der Waals surface area contributed by atoms with Crippen LogP contribution in [0.5, 0.6) is 0 Å². The maximum Gasteiger partial charge on any atom is 0.312 e. The highest BCUT2D eigenvalue weighted by molar-refractivity contribution is 5.77. The molecule has 296 valence electrons. The molecule has 8 aliphatic rings. The topological polar surface area (TPSA) is 125 Å². The van der Waals surface area contributed by atoms with Crippen LogP contribution in [0.15, 0.2) is 0 Å². The summed E-state index contributed by atoms with van der Waals surface area (Å²) in [4.78, 5) is 47.6. The normalized spacial score (nSPS) is 37.3. The van der Waals surface area contributed by atoms with Crippen LogP contribution in [-0.4, -0.2) is 58.5 Å². The number of esters is 4. The lowest BCUT2D eigenvalue weighted by molar-refractivity contribution is -0.222. The third-order valence-corrected chi connectivity index (χ3v) is 14.5. The maximum absolute atomic E-state index is 12.1. The molecule has 8 rings (SSSR count). The highest BCUT2D eigenvalue weighted by Gasteiger charge is 2.61. The summed E-state index contributed by atoms with van der Waals surface area (Å²) in [6, 6.07) is 0. The predicted octanol–water partition coefficient (Wildman–Crippen LogP) is 8.51. The SMILES string of the molecule is CCC(C)C(=O)OC12CC3CC(CC(O)(C3)C1)C2.CCC(C)C(=O)OC1CC2CC1C1COC(=O)C21.CCC1(OC(=O)C(C)(C)CC)CCCCC1. The number of cyclic esters (lactones) is 1. The van der Waals surface area contributed by atoms with Gasteiger partial charge in [0.2, 0.25) is 0 Å². The van der Waals surface area contributed by atoms with Crippen LogP contribution in [0.25, 0.3) is 0 Å². The average Bonchev–Trinajstić information content (AvgIpc) is 3.80. The molecule has 0 aromatic heterocycles. The zero-order chi connectivity index (χ0) is 38.1. The van der Waals surface area contributed by atoms with Crippen molar-refractivity contribution in [2.45, 2.75) is 187 Å². The van der Waals surface area contributed by atoms with Crippen molar-refractivity contribution in [2.24, 2.45) is 52.8 Å². The number of aliphatic hydroxyl groups is 1. The van der Waals surface area contributed by atoms with Gasteiger partial charge in [-0.2, -0.15) is 0 Å². The van der Waals surface area contributed by atoms with E-state index < -0.39 is 5.60 Å². The lowest BCUT2D eigenvalue weighted by Crippen LogP contribution is -2.60. The van der Waals surface area contributed by atoms with Gasteiger partial charge in [0.05, 0.1) is 35.4 Å². The summed E-state index contributed by atoms with van der Waals surface area (Å²) in [6.07, 6.45) is 16.8. The Morgan fingerprint density at radius 3 is 2.02 bits per heavy atom. The molecule has 52 heavy (non-hydrogen) atoms. The minimum Gasteiger partial charge on any atom is -0.465 e. The van der Waals surface area contributed by atoms with Crippen molar-refractivity contribution in [1.29, 1.82) is 0 Å². The first-order valence-corrected chi connectivity index (χ1v) is 21.1. The Kier molecular flexibility index (Phi) is 12.8. The van der Waals surface area contributed by atoms with E-state index in [-0.39, 0.29) is 64.4 Å². The molecule has 1 saturated heterocycles. The van der Waals surface area contributed by atoms with Gasteiger partial charge < -0.3 is 24.1 Å². The average molecular weight is 731 g/mol. The molecule has 8 fully saturated rings. The van der Waals surface area contributed by atoms with Gasteiger partial charge >= 0.3 is 23.9 Å². The summed E-state index contributed by atoms with van der Waals surface area (Å²) in [7, 11) is 0. The van der Waals surface area contributed by atoms with Crippen molar-refractivity contribution < 1.29 is 43.2 Å². The molecule has 0 spiro atoms. The first-order chi connectivity index (χ1) is 24.5. The highest BCUT2D eigenvalue weighted by atomic mass is 16.6. The number of hydrogen-bond acceptors (Lipinski definition) is 9. The fraction of sp³-hybridized carbons (Fsp3) is 0.907. The van der Waals surface area contributed by atoms with Gasteiger partial charge in [0, 0.05) is 18.3 Å². The molecule has 9 heteroatoms. The number of carbonyl (C=O) groups is 4. The Hall–Kier alpha value is -2.16. The molecule has 0 radical (unpaired) electrons.